The van der Waals surface area contributed by atoms with Gasteiger partial charge in [0.25, 0.3) is 0 Å². The number of ether oxygens (including phenoxy) is 1. The molecule has 0 spiro atoms. The highest BCUT2D eigenvalue weighted by Gasteiger charge is 1.90. The highest BCUT2D eigenvalue weighted by atomic mass is 35.5. The van der Waals surface area contributed by atoms with Crippen LogP contribution >= 0.6 is 11.6 Å². The first-order chi connectivity index (χ1) is 4.63. The minimum absolute atomic E-state index is 0.601. The zero-order chi connectivity index (χ0) is 7.98. The molecule has 0 saturated carbocycles. The van der Waals surface area contributed by atoms with Gasteiger partial charge in [-0.2, -0.15) is 0 Å². The molecule has 0 radical (unpaired) electrons. The molecule has 0 heterocycles. The highest BCUT2D eigenvalue weighted by molar-refractivity contribution is 6.29. The normalized spacial score (nSPS) is 12.7. The van der Waals surface area contributed by atoms with Crippen LogP contribution in [0.4, 0.5) is 0 Å². The van der Waals surface area contributed by atoms with E-state index >= 15 is 0 Å². The van der Waals surface area contributed by atoms with Gasteiger partial charge in [0.2, 0.25) is 0 Å². The first-order valence-corrected chi connectivity index (χ1v) is 3.90. The summed E-state index contributed by atoms with van der Waals surface area (Å²) in [5.74, 6) is 0.601. The monoisotopic (exact) mass is 162 g/mol. The number of halogens is 1. The standard InChI is InChI=1S/C8H15ClO/c1-7(2)6-10-5-4-8(3)9/h4,7H,5-6H2,1-3H3/b8-4+. The van der Waals surface area contributed by atoms with Gasteiger partial charge in [0.05, 0.1) is 6.61 Å². The van der Waals surface area contributed by atoms with Crippen LogP contribution in [0.5, 0.6) is 0 Å². The van der Waals surface area contributed by atoms with E-state index in [2.05, 4.69) is 13.8 Å². The Kier molecular flexibility index (Phi) is 5.74. The Morgan fingerprint density at radius 1 is 1.60 bits per heavy atom. The molecule has 0 saturated heterocycles. The van der Waals surface area contributed by atoms with Crippen LogP contribution < -0.4 is 0 Å². The van der Waals surface area contributed by atoms with Crippen LogP contribution in [0.2, 0.25) is 0 Å². The minimum Gasteiger partial charge on any atom is -0.377 e. The van der Waals surface area contributed by atoms with E-state index in [-0.39, 0.29) is 0 Å². The third-order valence-electron chi connectivity index (χ3n) is 0.934. The maximum absolute atomic E-state index is 5.57. The summed E-state index contributed by atoms with van der Waals surface area (Å²) in [6.45, 7) is 7.53. The molecule has 0 aromatic carbocycles. The predicted molar refractivity (Wildman–Crippen MR) is 45.3 cm³/mol. The van der Waals surface area contributed by atoms with Gasteiger partial charge in [0.15, 0.2) is 0 Å². The summed E-state index contributed by atoms with van der Waals surface area (Å²) < 4.78 is 5.25. The Morgan fingerprint density at radius 2 is 2.20 bits per heavy atom. The lowest BCUT2D eigenvalue weighted by Crippen LogP contribution is -2.01. The summed E-state index contributed by atoms with van der Waals surface area (Å²) >= 11 is 5.57. The van der Waals surface area contributed by atoms with Crippen molar-refractivity contribution in [2.75, 3.05) is 13.2 Å². The second-order valence-corrected chi connectivity index (χ2v) is 3.32. The zero-order valence-corrected chi connectivity index (χ0v) is 7.61. The molecule has 1 nitrogen and oxygen atoms in total. The van der Waals surface area contributed by atoms with Crippen molar-refractivity contribution in [3.63, 3.8) is 0 Å². The van der Waals surface area contributed by atoms with Gasteiger partial charge in [-0.1, -0.05) is 25.4 Å². The molecule has 2 heteroatoms. The van der Waals surface area contributed by atoms with E-state index in [9.17, 15) is 0 Å². The molecule has 0 bridgehead atoms. The van der Waals surface area contributed by atoms with E-state index < -0.39 is 0 Å². The number of rotatable bonds is 4. The smallest absolute Gasteiger partial charge is 0.0661 e. The predicted octanol–water partition coefficient (Wildman–Crippen LogP) is 2.80. The van der Waals surface area contributed by atoms with Gasteiger partial charge < -0.3 is 4.74 Å². The summed E-state index contributed by atoms with van der Waals surface area (Å²) in [5, 5.41) is 0.795. The van der Waals surface area contributed by atoms with Gasteiger partial charge in [-0.15, -0.1) is 0 Å². The van der Waals surface area contributed by atoms with Crippen molar-refractivity contribution in [2.45, 2.75) is 20.8 Å². The first kappa shape index (κ1) is 9.99. The lowest BCUT2D eigenvalue weighted by Gasteiger charge is -2.02. The third-order valence-corrected chi connectivity index (χ3v) is 1.09. The first-order valence-electron chi connectivity index (χ1n) is 3.53. The van der Waals surface area contributed by atoms with Gasteiger partial charge in [-0.3, -0.25) is 0 Å². The average Bonchev–Trinajstić information content (AvgIpc) is 1.79. The van der Waals surface area contributed by atoms with Crippen LogP contribution in [0, 0.1) is 5.92 Å². The number of hydrogen-bond acceptors (Lipinski definition) is 1. The quantitative estimate of drug-likeness (QED) is 0.578. The van der Waals surface area contributed by atoms with Crippen LogP contribution in [0.25, 0.3) is 0 Å². The molecule has 0 aliphatic carbocycles. The van der Waals surface area contributed by atoms with Gasteiger partial charge in [-0.25, -0.2) is 0 Å². The van der Waals surface area contributed by atoms with E-state index in [0.717, 1.165) is 11.6 Å². The van der Waals surface area contributed by atoms with Crippen molar-refractivity contribution < 1.29 is 4.74 Å². The van der Waals surface area contributed by atoms with E-state index in [1.165, 1.54) is 0 Å². The maximum atomic E-state index is 5.57. The second kappa shape index (κ2) is 5.75. The second-order valence-electron chi connectivity index (χ2n) is 2.72. The summed E-state index contributed by atoms with van der Waals surface area (Å²) in [5.41, 5.74) is 0. The molecule has 0 amide bonds. The Labute approximate surface area is 68.0 Å². The van der Waals surface area contributed by atoms with E-state index in [1.807, 2.05) is 13.0 Å². The van der Waals surface area contributed by atoms with Crippen LogP contribution in [-0.4, -0.2) is 13.2 Å². The molecule has 0 aliphatic heterocycles. The molecule has 0 aromatic rings. The van der Waals surface area contributed by atoms with Crippen molar-refractivity contribution in [3.05, 3.63) is 11.1 Å². The van der Waals surface area contributed by atoms with Gasteiger partial charge in [0.1, 0.15) is 0 Å². The molecule has 0 atom stereocenters. The lowest BCUT2D eigenvalue weighted by molar-refractivity contribution is 0.134. The summed E-state index contributed by atoms with van der Waals surface area (Å²) in [7, 11) is 0. The van der Waals surface area contributed by atoms with Gasteiger partial charge in [-0.05, 0) is 18.9 Å². The van der Waals surface area contributed by atoms with E-state index in [1.54, 1.807) is 0 Å². The number of allylic oxidation sites excluding steroid dienone is 1. The Balaban J connectivity index is 3.13. The minimum atomic E-state index is 0.601. The molecule has 0 N–H and O–H groups in total. The molecule has 0 aliphatic rings. The van der Waals surface area contributed by atoms with Crippen molar-refractivity contribution in [3.8, 4) is 0 Å². The zero-order valence-electron chi connectivity index (χ0n) is 6.86. The third kappa shape index (κ3) is 7.99. The van der Waals surface area contributed by atoms with Crippen LogP contribution in [-0.2, 0) is 4.74 Å². The van der Waals surface area contributed by atoms with E-state index in [0.29, 0.717) is 12.5 Å². The van der Waals surface area contributed by atoms with Crippen molar-refractivity contribution in [2.24, 2.45) is 5.92 Å². The fourth-order valence-corrected chi connectivity index (χ4v) is 0.540. The number of hydrogen-bond donors (Lipinski definition) is 0. The van der Waals surface area contributed by atoms with Crippen molar-refractivity contribution in [1.29, 1.82) is 0 Å². The van der Waals surface area contributed by atoms with Crippen LogP contribution in [0.3, 0.4) is 0 Å². The topological polar surface area (TPSA) is 9.23 Å². The highest BCUT2D eigenvalue weighted by Crippen LogP contribution is 1.98. The fourth-order valence-electron chi connectivity index (χ4n) is 0.477. The SMILES string of the molecule is C/C(Cl)=C\COCC(C)C. The average molecular weight is 163 g/mol. The van der Waals surface area contributed by atoms with Crippen LogP contribution in [0.15, 0.2) is 11.1 Å². The fraction of sp³-hybridized carbons (Fsp3) is 0.750. The van der Waals surface area contributed by atoms with E-state index in [4.69, 9.17) is 16.3 Å². The Bertz CT molecular complexity index is 104. The molecule has 10 heavy (non-hydrogen) atoms. The molecule has 0 aromatic heterocycles. The molecule has 60 valence electrons. The molecule has 0 unspecified atom stereocenters. The maximum Gasteiger partial charge on any atom is 0.0661 e. The van der Waals surface area contributed by atoms with Crippen molar-refractivity contribution in [1.82, 2.24) is 0 Å². The molecule has 0 fully saturated rings. The molecular weight excluding hydrogens is 148 g/mol. The lowest BCUT2D eigenvalue weighted by atomic mass is 10.2. The summed E-state index contributed by atoms with van der Waals surface area (Å²) in [6, 6.07) is 0. The summed E-state index contributed by atoms with van der Waals surface area (Å²) in [4.78, 5) is 0. The van der Waals surface area contributed by atoms with Crippen LogP contribution in [0.1, 0.15) is 20.8 Å². The largest absolute Gasteiger partial charge is 0.377 e. The Morgan fingerprint density at radius 3 is 2.60 bits per heavy atom. The summed E-state index contributed by atoms with van der Waals surface area (Å²) in [6.07, 6.45) is 1.87. The van der Waals surface area contributed by atoms with Gasteiger partial charge in [0, 0.05) is 11.6 Å². The molecule has 0 rings (SSSR count). The van der Waals surface area contributed by atoms with Crippen molar-refractivity contribution >= 4 is 11.6 Å². The van der Waals surface area contributed by atoms with Gasteiger partial charge >= 0.3 is 0 Å². The molecular formula is C8H15ClO. The Hall–Kier alpha value is -0.0100.